The normalized spacial score (nSPS) is 14.1. The number of amides is 3. The minimum atomic E-state index is -0.201. The van der Waals surface area contributed by atoms with Gasteiger partial charge in [-0.25, -0.2) is 4.68 Å². The Hall–Kier alpha value is -2.48. The average Bonchev–Trinajstić information content (AvgIpc) is 3.11. The average molecular weight is 433 g/mol. The first-order valence-electron chi connectivity index (χ1n) is 8.82. The lowest BCUT2D eigenvalue weighted by Crippen LogP contribution is -2.33. The zero-order valence-corrected chi connectivity index (χ0v) is 16.9. The number of carbonyl (C=O) groups excluding carboxylic acids is 3. The van der Waals surface area contributed by atoms with Crippen LogP contribution in [0.2, 0.25) is 0 Å². The maximum absolute atomic E-state index is 12.6. The van der Waals surface area contributed by atoms with Crippen molar-refractivity contribution in [2.24, 2.45) is 0 Å². The number of imide groups is 1. The van der Waals surface area contributed by atoms with E-state index in [9.17, 15) is 14.4 Å². The summed E-state index contributed by atoms with van der Waals surface area (Å²) in [5.74, 6) is -0.463. The molecule has 3 rings (SSSR count). The first-order valence-corrected chi connectivity index (χ1v) is 9.61. The summed E-state index contributed by atoms with van der Waals surface area (Å²) in [6.07, 6.45) is 1.11. The van der Waals surface area contributed by atoms with Crippen LogP contribution < -0.4 is 5.32 Å². The third kappa shape index (κ3) is 4.10. The Kier molecular flexibility index (Phi) is 5.74. The number of hydrogen-bond acceptors (Lipinski definition) is 4. The molecule has 2 aromatic rings. The topological polar surface area (TPSA) is 84.3 Å². The predicted molar refractivity (Wildman–Crippen MR) is 104 cm³/mol. The summed E-state index contributed by atoms with van der Waals surface area (Å²) in [5.41, 5.74) is 2.84. The Balaban J connectivity index is 1.62. The molecule has 1 aliphatic rings. The van der Waals surface area contributed by atoms with Crippen LogP contribution in [0.1, 0.15) is 41.0 Å². The van der Waals surface area contributed by atoms with Gasteiger partial charge in [0.25, 0.3) is 5.91 Å². The highest BCUT2D eigenvalue weighted by atomic mass is 79.9. The Morgan fingerprint density at radius 2 is 1.78 bits per heavy atom. The monoisotopic (exact) mass is 432 g/mol. The van der Waals surface area contributed by atoms with Gasteiger partial charge in [-0.05, 0) is 44.5 Å². The second-order valence-electron chi connectivity index (χ2n) is 6.48. The summed E-state index contributed by atoms with van der Waals surface area (Å²) in [4.78, 5) is 37.0. The third-order valence-electron chi connectivity index (χ3n) is 4.59. The van der Waals surface area contributed by atoms with Crippen molar-refractivity contribution in [3.8, 4) is 5.69 Å². The summed E-state index contributed by atoms with van der Waals surface area (Å²) >= 11 is 3.41. The maximum atomic E-state index is 12.6. The number of nitrogens with one attached hydrogen (secondary N) is 1. The van der Waals surface area contributed by atoms with Gasteiger partial charge < -0.3 is 5.32 Å². The number of carbonyl (C=O) groups is 3. The molecule has 1 saturated heterocycles. The maximum Gasteiger partial charge on any atom is 0.255 e. The van der Waals surface area contributed by atoms with E-state index in [-0.39, 0.29) is 17.7 Å². The molecule has 1 N–H and O–H groups in total. The summed E-state index contributed by atoms with van der Waals surface area (Å²) < 4.78 is 2.72. The fourth-order valence-electron chi connectivity index (χ4n) is 3.20. The van der Waals surface area contributed by atoms with E-state index >= 15 is 0 Å². The van der Waals surface area contributed by atoms with Crippen LogP contribution in [0, 0.1) is 13.8 Å². The molecule has 0 atom stereocenters. The second kappa shape index (κ2) is 8.04. The number of nitrogens with zero attached hydrogens (tertiary/aromatic N) is 3. The van der Waals surface area contributed by atoms with Crippen LogP contribution in [0.3, 0.4) is 0 Å². The molecular weight excluding hydrogens is 412 g/mol. The molecule has 0 bridgehead atoms. The molecule has 1 fully saturated rings. The molecule has 3 amide bonds. The van der Waals surface area contributed by atoms with Crippen LogP contribution in [0.15, 0.2) is 28.7 Å². The Morgan fingerprint density at radius 3 is 2.41 bits per heavy atom. The van der Waals surface area contributed by atoms with Crippen LogP contribution in [0.5, 0.6) is 0 Å². The third-order valence-corrected chi connectivity index (χ3v) is 5.12. The van der Waals surface area contributed by atoms with Gasteiger partial charge in [0.15, 0.2) is 0 Å². The van der Waals surface area contributed by atoms with Gasteiger partial charge >= 0.3 is 0 Å². The number of hydrogen-bond donors (Lipinski definition) is 1. The smallest absolute Gasteiger partial charge is 0.255 e. The van der Waals surface area contributed by atoms with E-state index in [1.807, 2.05) is 31.2 Å². The molecule has 1 aromatic heterocycles. The lowest BCUT2D eigenvalue weighted by molar-refractivity contribution is -0.138. The zero-order chi connectivity index (χ0) is 19.6. The lowest BCUT2D eigenvalue weighted by atomic mass is 10.2. The molecule has 27 heavy (non-hydrogen) atoms. The van der Waals surface area contributed by atoms with Gasteiger partial charge in [0.1, 0.15) is 0 Å². The van der Waals surface area contributed by atoms with Gasteiger partial charge in [-0.3, -0.25) is 19.3 Å². The Morgan fingerprint density at radius 1 is 1.15 bits per heavy atom. The molecule has 1 aliphatic heterocycles. The van der Waals surface area contributed by atoms with Crippen molar-refractivity contribution in [2.45, 2.75) is 33.1 Å². The van der Waals surface area contributed by atoms with E-state index in [2.05, 4.69) is 26.3 Å². The van der Waals surface area contributed by atoms with E-state index in [4.69, 9.17) is 0 Å². The molecule has 0 unspecified atom stereocenters. The second-order valence-corrected chi connectivity index (χ2v) is 7.40. The minimum absolute atomic E-state index is 0.131. The molecule has 0 radical (unpaired) electrons. The molecule has 142 valence electrons. The number of aryl methyl sites for hydroxylation is 1. The van der Waals surface area contributed by atoms with Gasteiger partial charge in [-0.15, -0.1) is 0 Å². The zero-order valence-electron chi connectivity index (χ0n) is 15.3. The van der Waals surface area contributed by atoms with Crippen LogP contribution >= 0.6 is 15.9 Å². The van der Waals surface area contributed by atoms with Crippen molar-refractivity contribution < 1.29 is 14.4 Å². The molecule has 7 nitrogen and oxygen atoms in total. The SMILES string of the molecule is Cc1nn(-c2ccc(Br)cc2)c(C)c1C(=O)NCCCN1C(=O)CCC1=O. The molecule has 0 spiro atoms. The summed E-state index contributed by atoms with van der Waals surface area (Å²) in [6.45, 7) is 4.39. The predicted octanol–water partition coefficient (Wildman–Crippen LogP) is 2.52. The van der Waals surface area contributed by atoms with Crippen molar-refractivity contribution >= 4 is 33.7 Å². The Labute approximate surface area is 165 Å². The van der Waals surface area contributed by atoms with Crippen molar-refractivity contribution in [1.29, 1.82) is 0 Å². The lowest BCUT2D eigenvalue weighted by Gasteiger charge is -2.13. The van der Waals surface area contributed by atoms with E-state index in [1.54, 1.807) is 11.6 Å². The van der Waals surface area contributed by atoms with Crippen LogP contribution in [0.4, 0.5) is 0 Å². The molecular formula is C19H21BrN4O3. The minimum Gasteiger partial charge on any atom is -0.352 e. The highest BCUT2D eigenvalue weighted by molar-refractivity contribution is 9.10. The highest BCUT2D eigenvalue weighted by Crippen LogP contribution is 2.20. The largest absolute Gasteiger partial charge is 0.352 e. The van der Waals surface area contributed by atoms with Gasteiger partial charge in [0, 0.05) is 30.4 Å². The Bertz CT molecular complexity index is 873. The molecule has 2 heterocycles. The van der Waals surface area contributed by atoms with E-state index in [0.29, 0.717) is 43.6 Å². The first kappa shape index (κ1) is 19.3. The van der Waals surface area contributed by atoms with E-state index in [0.717, 1.165) is 15.9 Å². The summed E-state index contributed by atoms with van der Waals surface area (Å²) in [7, 11) is 0. The summed E-state index contributed by atoms with van der Waals surface area (Å²) in [5, 5.41) is 7.34. The number of likely N-dealkylation sites (tertiary alicyclic amines) is 1. The van der Waals surface area contributed by atoms with E-state index < -0.39 is 0 Å². The summed E-state index contributed by atoms with van der Waals surface area (Å²) in [6, 6.07) is 7.70. The van der Waals surface area contributed by atoms with Crippen molar-refractivity contribution in [3.05, 3.63) is 45.7 Å². The fourth-order valence-corrected chi connectivity index (χ4v) is 3.47. The number of halogens is 1. The van der Waals surface area contributed by atoms with Crippen molar-refractivity contribution in [3.63, 3.8) is 0 Å². The van der Waals surface area contributed by atoms with Crippen LogP contribution in [-0.2, 0) is 9.59 Å². The van der Waals surface area contributed by atoms with Crippen LogP contribution in [0.25, 0.3) is 5.69 Å². The fraction of sp³-hybridized carbons (Fsp3) is 0.368. The number of aromatic nitrogens is 2. The first-order chi connectivity index (χ1) is 12.9. The molecule has 1 aromatic carbocycles. The van der Waals surface area contributed by atoms with E-state index in [1.165, 1.54) is 4.90 Å². The van der Waals surface area contributed by atoms with Gasteiger partial charge in [-0.2, -0.15) is 5.10 Å². The van der Waals surface area contributed by atoms with Gasteiger partial charge in [0.2, 0.25) is 11.8 Å². The highest BCUT2D eigenvalue weighted by Gasteiger charge is 2.28. The van der Waals surface area contributed by atoms with Gasteiger partial charge in [-0.1, -0.05) is 15.9 Å². The van der Waals surface area contributed by atoms with Crippen molar-refractivity contribution in [2.75, 3.05) is 13.1 Å². The van der Waals surface area contributed by atoms with Crippen molar-refractivity contribution in [1.82, 2.24) is 20.0 Å². The van der Waals surface area contributed by atoms with Gasteiger partial charge in [0.05, 0.1) is 22.6 Å². The van der Waals surface area contributed by atoms with Crippen LogP contribution in [-0.4, -0.2) is 45.5 Å². The molecule has 8 heteroatoms. The quantitative estimate of drug-likeness (QED) is 0.561. The standard InChI is InChI=1S/C19H21BrN4O3/c1-12-18(13(2)24(22-12)15-6-4-14(20)5-7-15)19(27)21-10-3-11-23-16(25)8-9-17(23)26/h4-7H,3,8-11H2,1-2H3,(H,21,27). The number of rotatable bonds is 6. The molecule has 0 saturated carbocycles. The molecule has 0 aliphatic carbocycles. The number of benzene rings is 1.